The van der Waals surface area contributed by atoms with Gasteiger partial charge in [-0.15, -0.1) is 0 Å². The molecule has 1 heterocycles. The van der Waals surface area contributed by atoms with Crippen LogP contribution in [-0.2, 0) is 9.59 Å². The average molecular weight is 463 g/mol. The normalized spacial score (nSPS) is 13.5. The fourth-order valence-electron chi connectivity index (χ4n) is 3.65. The second-order valence-corrected chi connectivity index (χ2v) is 7.59. The van der Waals surface area contributed by atoms with Crippen molar-refractivity contribution in [2.75, 3.05) is 23.4 Å². The fraction of sp³-hybridized carbons (Fsp3) is 0.154. The Morgan fingerprint density at radius 2 is 1.39 bits per heavy atom. The van der Waals surface area contributed by atoms with E-state index in [2.05, 4.69) is 5.32 Å². The maximum absolute atomic E-state index is 13.7. The zero-order valence-electron chi connectivity index (χ0n) is 18.3. The van der Waals surface area contributed by atoms with Crippen LogP contribution < -0.4 is 19.7 Å². The number of benzene rings is 3. The van der Waals surface area contributed by atoms with Gasteiger partial charge >= 0.3 is 0 Å². The van der Waals surface area contributed by atoms with Crippen LogP contribution in [0.1, 0.15) is 19.4 Å². The summed E-state index contributed by atoms with van der Waals surface area (Å²) in [6, 6.07) is 21.1. The lowest BCUT2D eigenvalue weighted by Crippen LogP contribution is -2.32. The van der Waals surface area contributed by atoms with E-state index in [1.54, 1.807) is 60.7 Å². The van der Waals surface area contributed by atoms with E-state index in [1.807, 2.05) is 26.0 Å². The molecule has 0 fully saturated rings. The van der Waals surface area contributed by atoms with Crippen molar-refractivity contribution < 1.29 is 19.1 Å². The van der Waals surface area contributed by atoms with Crippen LogP contribution >= 0.6 is 11.6 Å². The number of amides is 2. The highest BCUT2D eigenvalue weighted by Gasteiger charge is 2.41. The first-order chi connectivity index (χ1) is 16.0. The van der Waals surface area contributed by atoms with Crippen LogP contribution in [0.25, 0.3) is 5.57 Å². The summed E-state index contributed by atoms with van der Waals surface area (Å²) < 4.78 is 11.4. The molecule has 6 nitrogen and oxygen atoms in total. The second-order valence-electron chi connectivity index (χ2n) is 7.16. The van der Waals surface area contributed by atoms with Crippen LogP contribution in [0.3, 0.4) is 0 Å². The van der Waals surface area contributed by atoms with Gasteiger partial charge in [-0.2, -0.15) is 0 Å². The van der Waals surface area contributed by atoms with E-state index in [1.165, 1.54) is 0 Å². The number of hydrogen-bond acceptors (Lipinski definition) is 5. The van der Waals surface area contributed by atoms with E-state index in [0.717, 1.165) is 4.90 Å². The summed E-state index contributed by atoms with van der Waals surface area (Å²) in [6.07, 6.45) is 0. The number of hydrogen-bond donors (Lipinski definition) is 1. The van der Waals surface area contributed by atoms with Crippen molar-refractivity contribution in [2.24, 2.45) is 0 Å². The van der Waals surface area contributed by atoms with Gasteiger partial charge in [0, 0.05) is 5.02 Å². The first-order valence-electron chi connectivity index (χ1n) is 10.6. The largest absolute Gasteiger partial charge is 0.492 e. The molecule has 0 spiro atoms. The molecule has 168 valence electrons. The van der Waals surface area contributed by atoms with E-state index in [-0.39, 0.29) is 11.3 Å². The lowest BCUT2D eigenvalue weighted by atomic mass is 10.0. The first kappa shape index (κ1) is 22.4. The van der Waals surface area contributed by atoms with Crippen molar-refractivity contribution in [3.05, 3.63) is 89.1 Å². The number of nitrogens with one attached hydrogen (secondary N) is 1. The molecule has 1 N–H and O–H groups in total. The topological polar surface area (TPSA) is 67.9 Å². The third-order valence-corrected chi connectivity index (χ3v) is 5.32. The Hall–Kier alpha value is -3.77. The van der Waals surface area contributed by atoms with E-state index in [4.69, 9.17) is 21.1 Å². The molecule has 4 rings (SSSR count). The molecular formula is C26H23ClN2O4. The molecule has 1 aliphatic rings. The minimum absolute atomic E-state index is 0.153. The highest BCUT2D eigenvalue weighted by Crippen LogP contribution is 2.39. The molecule has 0 saturated heterocycles. The molecule has 0 atom stereocenters. The summed E-state index contributed by atoms with van der Waals surface area (Å²) in [7, 11) is 0. The number of nitrogens with zero attached hydrogens (tertiary/aromatic N) is 1. The van der Waals surface area contributed by atoms with Gasteiger partial charge < -0.3 is 14.8 Å². The molecule has 0 bridgehead atoms. The second kappa shape index (κ2) is 9.79. The summed E-state index contributed by atoms with van der Waals surface area (Å²) in [5.41, 5.74) is 1.94. The van der Waals surface area contributed by atoms with Gasteiger partial charge in [-0.05, 0) is 55.8 Å². The summed E-state index contributed by atoms with van der Waals surface area (Å²) >= 11 is 6.06. The van der Waals surface area contributed by atoms with Crippen molar-refractivity contribution in [3.63, 3.8) is 0 Å². The zero-order valence-corrected chi connectivity index (χ0v) is 19.1. The SMILES string of the molecule is CCOc1ccccc1NC1=C(c2ccc(Cl)cc2)C(=O)N(c2ccccc2OCC)C1=O. The van der Waals surface area contributed by atoms with Crippen molar-refractivity contribution in [1.82, 2.24) is 0 Å². The molecule has 3 aromatic carbocycles. The van der Waals surface area contributed by atoms with E-state index in [0.29, 0.717) is 46.7 Å². The Labute approximate surface area is 197 Å². The molecule has 0 saturated carbocycles. The number of ether oxygens (including phenoxy) is 2. The molecule has 33 heavy (non-hydrogen) atoms. The molecule has 1 aliphatic heterocycles. The van der Waals surface area contributed by atoms with Crippen LogP contribution in [0.2, 0.25) is 5.02 Å². The van der Waals surface area contributed by atoms with Gasteiger partial charge in [-0.1, -0.05) is 48.0 Å². The van der Waals surface area contributed by atoms with Gasteiger partial charge in [0.05, 0.1) is 30.2 Å². The number of imide groups is 1. The number of anilines is 2. The lowest BCUT2D eigenvalue weighted by molar-refractivity contribution is -0.120. The summed E-state index contributed by atoms with van der Waals surface area (Å²) in [5, 5.41) is 3.69. The van der Waals surface area contributed by atoms with Crippen molar-refractivity contribution in [1.29, 1.82) is 0 Å². The van der Waals surface area contributed by atoms with Gasteiger partial charge in [-0.25, -0.2) is 4.90 Å². The van der Waals surface area contributed by atoms with Gasteiger partial charge in [0.15, 0.2) is 0 Å². The predicted octanol–water partition coefficient (Wildman–Crippen LogP) is 5.53. The molecule has 2 amide bonds. The Balaban J connectivity index is 1.84. The summed E-state index contributed by atoms with van der Waals surface area (Å²) in [4.78, 5) is 28.5. The quantitative estimate of drug-likeness (QED) is 0.445. The number of carbonyl (C=O) groups is 2. The Bertz CT molecular complexity index is 1220. The molecule has 0 radical (unpaired) electrons. The van der Waals surface area contributed by atoms with Crippen LogP contribution in [0.5, 0.6) is 11.5 Å². The lowest BCUT2D eigenvalue weighted by Gasteiger charge is -2.19. The van der Waals surface area contributed by atoms with Gasteiger partial charge in [0.2, 0.25) is 0 Å². The number of carbonyl (C=O) groups excluding carboxylic acids is 2. The standard InChI is InChI=1S/C26H23ClN2O4/c1-3-32-21-11-7-5-9-19(21)28-24-23(17-13-15-18(27)16-14-17)25(30)29(26(24)31)20-10-6-8-12-22(20)33-4-2/h5-16,28H,3-4H2,1-2H3. The van der Waals surface area contributed by atoms with Gasteiger partial charge in [-0.3, -0.25) is 9.59 Å². The van der Waals surface area contributed by atoms with E-state index >= 15 is 0 Å². The zero-order chi connectivity index (χ0) is 23.4. The number of para-hydroxylation sites is 4. The van der Waals surface area contributed by atoms with Crippen LogP contribution in [0, 0.1) is 0 Å². The smallest absolute Gasteiger partial charge is 0.282 e. The van der Waals surface area contributed by atoms with E-state index < -0.39 is 11.8 Å². The molecule has 0 unspecified atom stereocenters. The van der Waals surface area contributed by atoms with Crippen LogP contribution in [0.4, 0.5) is 11.4 Å². The van der Waals surface area contributed by atoms with Crippen molar-refractivity contribution >= 4 is 40.4 Å². The monoisotopic (exact) mass is 462 g/mol. The third kappa shape index (κ3) is 4.43. The maximum atomic E-state index is 13.7. The summed E-state index contributed by atoms with van der Waals surface area (Å²) in [5.74, 6) is 0.0961. The highest BCUT2D eigenvalue weighted by molar-refractivity contribution is 6.46. The molecule has 7 heteroatoms. The minimum Gasteiger partial charge on any atom is -0.492 e. The third-order valence-electron chi connectivity index (χ3n) is 5.07. The Morgan fingerprint density at radius 1 is 0.788 bits per heavy atom. The first-order valence-corrected chi connectivity index (χ1v) is 11.0. The molecule has 3 aromatic rings. The fourth-order valence-corrected chi connectivity index (χ4v) is 3.78. The molecular weight excluding hydrogens is 440 g/mol. The number of halogens is 1. The van der Waals surface area contributed by atoms with Gasteiger partial charge in [0.25, 0.3) is 11.8 Å². The van der Waals surface area contributed by atoms with Crippen molar-refractivity contribution in [3.8, 4) is 11.5 Å². The minimum atomic E-state index is -0.483. The average Bonchev–Trinajstić information content (AvgIpc) is 3.06. The number of rotatable bonds is 8. The molecule has 0 aromatic heterocycles. The van der Waals surface area contributed by atoms with Gasteiger partial charge in [0.1, 0.15) is 17.2 Å². The maximum Gasteiger partial charge on any atom is 0.282 e. The van der Waals surface area contributed by atoms with Crippen molar-refractivity contribution in [2.45, 2.75) is 13.8 Å². The Kier molecular flexibility index (Phi) is 6.66. The van der Waals surface area contributed by atoms with Crippen LogP contribution in [-0.4, -0.2) is 25.0 Å². The van der Waals surface area contributed by atoms with Crippen LogP contribution in [0.15, 0.2) is 78.5 Å². The molecule has 0 aliphatic carbocycles. The van der Waals surface area contributed by atoms with E-state index in [9.17, 15) is 9.59 Å². The Morgan fingerprint density at radius 3 is 2.09 bits per heavy atom. The highest BCUT2D eigenvalue weighted by atomic mass is 35.5. The summed E-state index contributed by atoms with van der Waals surface area (Å²) in [6.45, 7) is 4.59. The predicted molar refractivity (Wildman–Crippen MR) is 130 cm³/mol.